The summed E-state index contributed by atoms with van der Waals surface area (Å²) < 4.78 is 5.35. The average Bonchev–Trinajstić information content (AvgIpc) is 2.86. The minimum atomic E-state index is 0.163. The van der Waals surface area contributed by atoms with Crippen molar-refractivity contribution in [1.29, 1.82) is 0 Å². The van der Waals surface area contributed by atoms with E-state index in [9.17, 15) is 4.79 Å². The highest BCUT2D eigenvalue weighted by atomic mass is 16.5. The Morgan fingerprint density at radius 1 is 1.32 bits per heavy atom. The Morgan fingerprint density at radius 2 is 2.16 bits per heavy atom. The van der Waals surface area contributed by atoms with E-state index in [-0.39, 0.29) is 5.78 Å². The zero-order valence-corrected chi connectivity index (χ0v) is 10.9. The van der Waals surface area contributed by atoms with Gasteiger partial charge in [-0.25, -0.2) is 4.98 Å². The van der Waals surface area contributed by atoms with Crippen LogP contribution in [0.25, 0.3) is 16.5 Å². The lowest BCUT2D eigenvalue weighted by Gasteiger charge is -2.11. The van der Waals surface area contributed by atoms with Crippen LogP contribution in [0.15, 0.2) is 24.4 Å². The standard InChI is InChI=1S/C15H14N2O2/c1-9-13(10-5-6-11(18)8-10)17-15(19-2)12-4-3-7-16-14(9)12/h3-4,7-8H,5-6H2,1-2H3. The first-order valence-corrected chi connectivity index (χ1v) is 6.24. The number of aromatic nitrogens is 2. The number of ether oxygens (including phenoxy) is 1. The van der Waals surface area contributed by atoms with Gasteiger partial charge in [0.25, 0.3) is 0 Å². The van der Waals surface area contributed by atoms with Crippen molar-refractivity contribution in [2.45, 2.75) is 19.8 Å². The van der Waals surface area contributed by atoms with Gasteiger partial charge >= 0.3 is 0 Å². The predicted octanol–water partition coefficient (Wildman–Crippen LogP) is 2.69. The molecule has 1 aliphatic carbocycles. The number of carbonyl (C=O) groups excluding carboxylic acids is 1. The number of nitrogens with zero attached hydrogens (tertiary/aromatic N) is 2. The number of methoxy groups -OCH3 is 1. The van der Waals surface area contributed by atoms with Crippen molar-refractivity contribution in [3.05, 3.63) is 35.7 Å². The number of hydrogen-bond donors (Lipinski definition) is 0. The van der Waals surface area contributed by atoms with E-state index in [0.717, 1.165) is 34.2 Å². The molecular formula is C15H14N2O2. The van der Waals surface area contributed by atoms with Gasteiger partial charge in [0, 0.05) is 18.2 Å². The molecule has 2 aromatic heterocycles. The molecule has 4 heteroatoms. The third kappa shape index (κ3) is 1.89. The monoisotopic (exact) mass is 254 g/mol. The maximum atomic E-state index is 11.4. The second kappa shape index (κ2) is 4.46. The Kier molecular flexibility index (Phi) is 2.78. The number of rotatable bonds is 2. The Bertz CT molecular complexity index is 705. The summed E-state index contributed by atoms with van der Waals surface area (Å²) in [6, 6.07) is 3.81. The summed E-state index contributed by atoms with van der Waals surface area (Å²) in [7, 11) is 1.60. The molecule has 0 radical (unpaired) electrons. The van der Waals surface area contributed by atoms with Crippen molar-refractivity contribution in [1.82, 2.24) is 9.97 Å². The summed E-state index contributed by atoms with van der Waals surface area (Å²) in [6.07, 6.45) is 4.75. The lowest BCUT2D eigenvalue weighted by atomic mass is 10.0. The van der Waals surface area contributed by atoms with E-state index < -0.39 is 0 Å². The number of carbonyl (C=O) groups is 1. The van der Waals surface area contributed by atoms with Gasteiger partial charge in [0.1, 0.15) is 0 Å². The molecule has 19 heavy (non-hydrogen) atoms. The Morgan fingerprint density at radius 3 is 2.84 bits per heavy atom. The van der Waals surface area contributed by atoms with E-state index in [4.69, 9.17) is 4.74 Å². The molecule has 2 aromatic rings. The van der Waals surface area contributed by atoms with Gasteiger partial charge in [0.2, 0.25) is 5.88 Å². The van der Waals surface area contributed by atoms with Crippen LogP contribution in [0.3, 0.4) is 0 Å². The molecule has 0 atom stereocenters. The van der Waals surface area contributed by atoms with Crippen molar-refractivity contribution in [2.24, 2.45) is 0 Å². The van der Waals surface area contributed by atoms with E-state index in [1.807, 2.05) is 19.1 Å². The average molecular weight is 254 g/mol. The van der Waals surface area contributed by atoms with Crippen molar-refractivity contribution in [3.63, 3.8) is 0 Å². The van der Waals surface area contributed by atoms with E-state index in [1.54, 1.807) is 19.4 Å². The van der Waals surface area contributed by atoms with Gasteiger partial charge in [-0.1, -0.05) is 0 Å². The van der Waals surface area contributed by atoms with Crippen LogP contribution in [0.1, 0.15) is 24.1 Å². The van der Waals surface area contributed by atoms with Crippen LogP contribution in [0.5, 0.6) is 5.88 Å². The lowest BCUT2D eigenvalue weighted by molar-refractivity contribution is -0.114. The molecule has 96 valence electrons. The van der Waals surface area contributed by atoms with Gasteiger partial charge < -0.3 is 4.74 Å². The Labute approximate surface area is 111 Å². The molecule has 0 bridgehead atoms. The SMILES string of the molecule is COc1nc(C2=CC(=O)CC2)c(C)c2ncccc12. The molecule has 3 rings (SSSR count). The van der Waals surface area contributed by atoms with Crippen LogP contribution < -0.4 is 4.74 Å². The van der Waals surface area contributed by atoms with Crippen LogP contribution in [0.4, 0.5) is 0 Å². The van der Waals surface area contributed by atoms with Gasteiger partial charge in [-0.3, -0.25) is 9.78 Å². The summed E-state index contributed by atoms with van der Waals surface area (Å²) in [4.78, 5) is 20.4. The summed E-state index contributed by atoms with van der Waals surface area (Å²) in [5.41, 5.74) is 3.68. The highest BCUT2D eigenvalue weighted by molar-refractivity contribution is 6.02. The fourth-order valence-corrected chi connectivity index (χ4v) is 2.49. The first kappa shape index (κ1) is 11.8. The second-order valence-corrected chi connectivity index (χ2v) is 4.63. The van der Waals surface area contributed by atoms with Gasteiger partial charge in [-0.15, -0.1) is 0 Å². The van der Waals surface area contributed by atoms with Crippen LogP contribution in [0, 0.1) is 6.92 Å². The number of aryl methyl sites for hydroxylation is 1. The molecule has 0 amide bonds. The molecule has 0 fully saturated rings. The molecular weight excluding hydrogens is 240 g/mol. The fraction of sp³-hybridized carbons (Fsp3) is 0.267. The molecule has 0 aliphatic heterocycles. The zero-order chi connectivity index (χ0) is 13.4. The summed E-state index contributed by atoms with van der Waals surface area (Å²) in [6.45, 7) is 1.99. The number of pyridine rings is 2. The van der Waals surface area contributed by atoms with E-state index in [0.29, 0.717) is 12.3 Å². The fourth-order valence-electron chi connectivity index (χ4n) is 2.49. The van der Waals surface area contributed by atoms with E-state index in [2.05, 4.69) is 9.97 Å². The Hall–Kier alpha value is -2.23. The molecule has 0 saturated carbocycles. The summed E-state index contributed by atoms with van der Waals surface area (Å²) >= 11 is 0. The first-order chi connectivity index (χ1) is 9.20. The van der Waals surface area contributed by atoms with E-state index in [1.165, 1.54) is 0 Å². The molecule has 0 unspecified atom stereocenters. The predicted molar refractivity (Wildman–Crippen MR) is 73.0 cm³/mol. The molecule has 0 saturated heterocycles. The topological polar surface area (TPSA) is 52.1 Å². The first-order valence-electron chi connectivity index (χ1n) is 6.24. The number of hydrogen-bond acceptors (Lipinski definition) is 4. The maximum Gasteiger partial charge on any atom is 0.223 e. The highest BCUT2D eigenvalue weighted by Crippen LogP contribution is 2.33. The van der Waals surface area contributed by atoms with Crippen molar-refractivity contribution < 1.29 is 9.53 Å². The zero-order valence-electron chi connectivity index (χ0n) is 10.9. The molecule has 0 N–H and O–H groups in total. The molecule has 0 spiro atoms. The smallest absolute Gasteiger partial charge is 0.223 e. The molecule has 2 heterocycles. The van der Waals surface area contributed by atoms with Crippen LogP contribution in [-0.2, 0) is 4.79 Å². The minimum Gasteiger partial charge on any atom is -0.480 e. The number of allylic oxidation sites excluding steroid dienone is 2. The third-order valence-electron chi connectivity index (χ3n) is 3.44. The largest absolute Gasteiger partial charge is 0.480 e. The second-order valence-electron chi connectivity index (χ2n) is 4.63. The number of ketones is 1. The van der Waals surface area contributed by atoms with E-state index >= 15 is 0 Å². The van der Waals surface area contributed by atoms with Crippen LogP contribution >= 0.6 is 0 Å². The maximum absolute atomic E-state index is 11.4. The lowest BCUT2D eigenvalue weighted by Crippen LogP contribution is -1.99. The Balaban J connectivity index is 2.29. The van der Waals surface area contributed by atoms with Crippen molar-refractivity contribution in [2.75, 3.05) is 7.11 Å². The van der Waals surface area contributed by atoms with Crippen LogP contribution in [0.2, 0.25) is 0 Å². The third-order valence-corrected chi connectivity index (χ3v) is 3.44. The molecule has 4 nitrogen and oxygen atoms in total. The highest BCUT2D eigenvalue weighted by Gasteiger charge is 2.20. The van der Waals surface area contributed by atoms with Gasteiger partial charge in [0.15, 0.2) is 5.78 Å². The number of fused-ring (bicyclic) bond motifs is 1. The molecule has 0 aromatic carbocycles. The van der Waals surface area contributed by atoms with Gasteiger partial charge in [-0.2, -0.15) is 0 Å². The summed E-state index contributed by atoms with van der Waals surface area (Å²) in [5, 5.41) is 0.899. The quantitative estimate of drug-likeness (QED) is 0.826. The molecule has 1 aliphatic rings. The van der Waals surface area contributed by atoms with Crippen molar-refractivity contribution in [3.8, 4) is 5.88 Å². The minimum absolute atomic E-state index is 0.163. The van der Waals surface area contributed by atoms with Gasteiger partial charge in [-0.05, 0) is 37.1 Å². The van der Waals surface area contributed by atoms with Crippen molar-refractivity contribution >= 4 is 22.3 Å². The normalized spacial score (nSPS) is 14.8. The summed E-state index contributed by atoms with van der Waals surface area (Å²) in [5.74, 6) is 0.722. The van der Waals surface area contributed by atoms with Gasteiger partial charge in [0.05, 0.1) is 23.7 Å². The van der Waals surface area contributed by atoms with Crippen LogP contribution in [-0.4, -0.2) is 22.9 Å².